The summed E-state index contributed by atoms with van der Waals surface area (Å²) in [4.78, 5) is 11.7. The Kier molecular flexibility index (Phi) is 5.08. The van der Waals surface area contributed by atoms with Crippen molar-refractivity contribution >= 4 is 16.9 Å². The summed E-state index contributed by atoms with van der Waals surface area (Å²) in [6.07, 6.45) is 0. The van der Waals surface area contributed by atoms with Crippen molar-refractivity contribution in [2.45, 2.75) is 27.3 Å². The van der Waals surface area contributed by atoms with Crippen LogP contribution in [0.25, 0.3) is 11.0 Å². The first kappa shape index (κ1) is 16.4. The van der Waals surface area contributed by atoms with Crippen molar-refractivity contribution in [2.24, 2.45) is 5.41 Å². The highest BCUT2D eigenvalue weighted by Crippen LogP contribution is 2.28. The van der Waals surface area contributed by atoms with E-state index < -0.39 is 0 Å². The largest absolute Gasteiger partial charge is 0.493 e. The van der Waals surface area contributed by atoms with Crippen molar-refractivity contribution in [1.82, 2.24) is 10.6 Å². The maximum absolute atomic E-state index is 11.7. The third-order valence-corrected chi connectivity index (χ3v) is 3.35. The zero-order chi connectivity index (χ0) is 16.2. The van der Waals surface area contributed by atoms with E-state index in [0.29, 0.717) is 19.6 Å². The number of carbonyl (C=O) groups excluding carboxylic acids is 1. The van der Waals surface area contributed by atoms with Crippen LogP contribution >= 0.6 is 0 Å². The van der Waals surface area contributed by atoms with E-state index in [0.717, 1.165) is 22.5 Å². The lowest BCUT2D eigenvalue weighted by Crippen LogP contribution is -2.38. The predicted octanol–water partition coefficient (Wildman–Crippen LogP) is 2.69. The van der Waals surface area contributed by atoms with Crippen molar-refractivity contribution in [1.29, 1.82) is 0 Å². The van der Waals surface area contributed by atoms with Gasteiger partial charge in [0.25, 0.3) is 0 Å². The molecule has 0 aliphatic carbocycles. The smallest absolute Gasteiger partial charge is 0.225 e. The fraction of sp³-hybridized carbons (Fsp3) is 0.471. The van der Waals surface area contributed by atoms with Gasteiger partial charge in [0, 0.05) is 23.9 Å². The topological polar surface area (TPSA) is 63.5 Å². The standard InChI is InChI=1S/C17H24N2O3/c1-17(2,3)16(20)19-9-8-18-11-13-10-12-6-5-7-14(21-4)15(12)22-13/h5-7,10,18H,8-9,11H2,1-4H3,(H,19,20). The molecule has 0 aliphatic rings. The molecule has 2 N–H and O–H groups in total. The predicted molar refractivity (Wildman–Crippen MR) is 86.9 cm³/mol. The Morgan fingerprint density at radius 1 is 1.27 bits per heavy atom. The molecule has 0 radical (unpaired) electrons. The lowest BCUT2D eigenvalue weighted by molar-refractivity contribution is -0.128. The number of hydrogen-bond acceptors (Lipinski definition) is 4. The molecule has 5 heteroatoms. The van der Waals surface area contributed by atoms with Crippen molar-refractivity contribution in [2.75, 3.05) is 20.2 Å². The quantitative estimate of drug-likeness (QED) is 0.805. The Morgan fingerprint density at radius 3 is 2.73 bits per heavy atom. The molecule has 0 saturated heterocycles. The normalized spacial score (nSPS) is 11.6. The van der Waals surface area contributed by atoms with Gasteiger partial charge in [-0.25, -0.2) is 0 Å². The van der Waals surface area contributed by atoms with Gasteiger partial charge in [0.2, 0.25) is 5.91 Å². The molecular formula is C17H24N2O3. The first-order chi connectivity index (χ1) is 10.4. The highest BCUT2D eigenvalue weighted by molar-refractivity contribution is 5.83. The van der Waals surface area contributed by atoms with Gasteiger partial charge in [-0.05, 0) is 12.1 Å². The van der Waals surface area contributed by atoms with E-state index in [1.807, 2.05) is 45.0 Å². The molecule has 1 amide bonds. The maximum atomic E-state index is 11.7. The number of fused-ring (bicyclic) bond motifs is 1. The molecule has 2 rings (SSSR count). The molecule has 22 heavy (non-hydrogen) atoms. The van der Waals surface area contributed by atoms with Crippen molar-refractivity contribution in [3.05, 3.63) is 30.0 Å². The lowest BCUT2D eigenvalue weighted by atomic mass is 9.96. The summed E-state index contributed by atoms with van der Waals surface area (Å²) in [6.45, 7) is 7.60. The molecule has 0 aliphatic heterocycles. The minimum absolute atomic E-state index is 0.0581. The number of furan rings is 1. The molecule has 0 unspecified atom stereocenters. The Bertz CT molecular complexity index is 641. The van der Waals surface area contributed by atoms with Crippen LogP contribution in [0.5, 0.6) is 5.75 Å². The van der Waals surface area contributed by atoms with Crippen molar-refractivity contribution in [3.8, 4) is 5.75 Å². The Morgan fingerprint density at radius 2 is 2.05 bits per heavy atom. The van der Waals surface area contributed by atoms with E-state index in [9.17, 15) is 4.79 Å². The van der Waals surface area contributed by atoms with E-state index in [2.05, 4.69) is 10.6 Å². The van der Waals surface area contributed by atoms with Gasteiger partial charge in [-0.15, -0.1) is 0 Å². The number of benzene rings is 1. The molecule has 2 aromatic rings. The number of ether oxygens (including phenoxy) is 1. The van der Waals surface area contributed by atoms with Crippen molar-refractivity contribution in [3.63, 3.8) is 0 Å². The van der Waals surface area contributed by atoms with Gasteiger partial charge in [0.15, 0.2) is 11.3 Å². The van der Waals surface area contributed by atoms with Crippen LogP contribution in [0, 0.1) is 5.41 Å². The minimum Gasteiger partial charge on any atom is -0.493 e. The van der Waals surface area contributed by atoms with Gasteiger partial charge < -0.3 is 19.8 Å². The fourth-order valence-electron chi connectivity index (χ4n) is 2.08. The molecule has 1 aromatic heterocycles. The third-order valence-electron chi connectivity index (χ3n) is 3.35. The zero-order valence-electron chi connectivity index (χ0n) is 13.7. The molecule has 120 valence electrons. The Hall–Kier alpha value is -2.01. The van der Waals surface area contributed by atoms with Crippen LogP contribution < -0.4 is 15.4 Å². The van der Waals surface area contributed by atoms with Crippen LogP contribution in [0.3, 0.4) is 0 Å². The van der Waals surface area contributed by atoms with Crippen LogP contribution in [0.4, 0.5) is 0 Å². The van der Waals surface area contributed by atoms with Gasteiger partial charge in [0.05, 0.1) is 13.7 Å². The van der Waals surface area contributed by atoms with Gasteiger partial charge >= 0.3 is 0 Å². The summed E-state index contributed by atoms with van der Waals surface area (Å²) < 4.78 is 11.1. The van der Waals surface area contributed by atoms with Crippen LogP contribution in [0.2, 0.25) is 0 Å². The fourth-order valence-corrected chi connectivity index (χ4v) is 2.08. The van der Waals surface area contributed by atoms with E-state index in [4.69, 9.17) is 9.15 Å². The summed E-state index contributed by atoms with van der Waals surface area (Å²) in [5.41, 5.74) is 0.415. The summed E-state index contributed by atoms with van der Waals surface area (Å²) in [5.74, 6) is 1.64. The molecule has 1 aromatic carbocycles. The summed E-state index contributed by atoms with van der Waals surface area (Å²) in [7, 11) is 1.63. The Balaban J connectivity index is 1.82. The second kappa shape index (κ2) is 6.83. The SMILES string of the molecule is COc1cccc2cc(CNCCNC(=O)C(C)(C)C)oc12. The van der Waals surface area contributed by atoms with E-state index in [1.54, 1.807) is 7.11 Å². The van der Waals surface area contributed by atoms with Gasteiger partial charge in [-0.2, -0.15) is 0 Å². The van der Waals surface area contributed by atoms with Gasteiger partial charge in [-0.1, -0.05) is 32.9 Å². The highest BCUT2D eigenvalue weighted by Gasteiger charge is 2.20. The second-order valence-corrected chi connectivity index (χ2v) is 6.27. The Labute approximate surface area is 131 Å². The number of amides is 1. The zero-order valence-corrected chi connectivity index (χ0v) is 13.7. The monoisotopic (exact) mass is 304 g/mol. The van der Waals surface area contributed by atoms with Crippen molar-refractivity contribution < 1.29 is 13.9 Å². The molecule has 1 heterocycles. The van der Waals surface area contributed by atoms with Gasteiger partial charge in [0.1, 0.15) is 5.76 Å². The number of rotatable bonds is 6. The van der Waals surface area contributed by atoms with Crippen LogP contribution in [-0.2, 0) is 11.3 Å². The second-order valence-electron chi connectivity index (χ2n) is 6.27. The molecular weight excluding hydrogens is 280 g/mol. The molecule has 5 nitrogen and oxygen atoms in total. The first-order valence-electron chi connectivity index (χ1n) is 7.46. The van der Waals surface area contributed by atoms with E-state index in [1.165, 1.54) is 0 Å². The summed E-state index contributed by atoms with van der Waals surface area (Å²) in [6, 6.07) is 7.81. The molecule has 0 fully saturated rings. The van der Waals surface area contributed by atoms with E-state index in [-0.39, 0.29) is 11.3 Å². The third kappa shape index (κ3) is 4.01. The minimum atomic E-state index is -0.352. The van der Waals surface area contributed by atoms with Crippen LogP contribution in [0.1, 0.15) is 26.5 Å². The molecule has 0 bridgehead atoms. The summed E-state index contributed by atoms with van der Waals surface area (Å²) >= 11 is 0. The maximum Gasteiger partial charge on any atom is 0.225 e. The lowest BCUT2D eigenvalue weighted by Gasteiger charge is -2.17. The number of methoxy groups -OCH3 is 1. The van der Waals surface area contributed by atoms with Gasteiger partial charge in [-0.3, -0.25) is 4.79 Å². The molecule has 0 saturated carbocycles. The molecule has 0 spiro atoms. The van der Waals surface area contributed by atoms with E-state index >= 15 is 0 Å². The number of nitrogens with one attached hydrogen (secondary N) is 2. The molecule has 0 atom stereocenters. The number of carbonyl (C=O) groups is 1. The first-order valence-corrected chi connectivity index (χ1v) is 7.46. The number of hydrogen-bond donors (Lipinski definition) is 2. The highest BCUT2D eigenvalue weighted by atomic mass is 16.5. The summed E-state index contributed by atoms with van der Waals surface area (Å²) in [5, 5.41) is 7.18. The van der Waals surface area contributed by atoms with Crippen LogP contribution in [-0.4, -0.2) is 26.1 Å². The average Bonchev–Trinajstić information content (AvgIpc) is 2.88. The number of para-hydroxylation sites is 1. The average molecular weight is 304 g/mol. The van der Waals surface area contributed by atoms with Crippen LogP contribution in [0.15, 0.2) is 28.7 Å².